The highest BCUT2D eigenvalue weighted by molar-refractivity contribution is 5.56. The predicted molar refractivity (Wildman–Crippen MR) is 61.0 cm³/mol. The van der Waals surface area contributed by atoms with E-state index in [9.17, 15) is 0 Å². The van der Waals surface area contributed by atoms with Crippen LogP contribution in [0.2, 0.25) is 0 Å². The summed E-state index contributed by atoms with van der Waals surface area (Å²) in [6.07, 6.45) is 5.42. The van der Waals surface area contributed by atoms with Crippen LogP contribution in [0.1, 0.15) is 25.3 Å². The van der Waals surface area contributed by atoms with E-state index >= 15 is 0 Å². The smallest absolute Gasteiger partial charge is 0.101 e. The highest BCUT2D eigenvalue weighted by atomic mass is 16.5. The highest BCUT2D eigenvalue weighted by Gasteiger charge is 2.27. The van der Waals surface area contributed by atoms with Gasteiger partial charge in [0.25, 0.3) is 0 Å². The first-order valence-electron chi connectivity index (χ1n) is 5.44. The zero-order chi connectivity index (χ0) is 11.4. The average Bonchev–Trinajstić information content (AvgIpc) is 2.30. The molecule has 0 radical (unpaired) electrons. The number of anilines is 1. The van der Waals surface area contributed by atoms with Crippen molar-refractivity contribution in [2.24, 2.45) is 0 Å². The minimum absolute atomic E-state index is 0.0904. The molecule has 0 saturated carbocycles. The summed E-state index contributed by atoms with van der Waals surface area (Å²) >= 11 is 0. The molecule has 1 atom stereocenters. The second-order valence-electron chi connectivity index (χ2n) is 4.37. The topological polar surface area (TPSA) is 57.9 Å². The maximum Gasteiger partial charge on any atom is 0.101 e. The van der Waals surface area contributed by atoms with E-state index in [4.69, 9.17) is 10.00 Å². The molecule has 4 heteroatoms. The van der Waals surface area contributed by atoms with Gasteiger partial charge in [-0.3, -0.25) is 4.98 Å². The Kier molecular flexibility index (Phi) is 3.07. The molecular weight excluding hydrogens is 202 g/mol. The van der Waals surface area contributed by atoms with E-state index in [0.717, 1.165) is 25.1 Å². The summed E-state index contributed by atoms with van der Waals surface area (Å²) < 4.78 is 5.46. The molecule has 1 aliphatic heterocycles. The number of nitrogens with zero attached hydrogens (tertiary/aromatic N) is 2. The van der Waals surface area contributed by atoms with Gasteiger partial charge in [0.05, 0.1) is 29.6 Å². The number of aromatic nitrogens is 1. The first-order valence-corrected chi connectivity index (χ1v) is 5.44. The summed E-state index contributed by atoms with van der Waals surface area (Å²) in [7, 11) is 0. The number of nitrogens with one attached hydrogen (secondary N) is 1. The Morgan fingerprint density at radius 3 is 3.19 bits per heavy atom. The predicted octanol–water partition coefficient (Wildman–Crippen LogP) is 1.93. The van der Waals surface area contributed by atoms with Gasteiger partial charge in [0.15, 0.2) is 0 Å². The quantitative estimate of drug-likeness (QED) is 0.822. The summed E-state index contributed by atoms with van der Waals surface area (Å²) in [5.41, 5.74) is 1.33. The number of hydrogen-bond acceptors (Lipinski definition) is 4. The van der Waals surface area contributed by atoms with Gasteiger partial charge in [0, 0.05) is 12.8 Å². The molecule has 2 heterocycles. The standard InChI is InChI=1S/C12H15N3O/c1-12(4-2-6-16-9-12)15-11-8-14-5-3-10(11)7-13/h3,5,8,15H,2,4,6,9H2,1H3. The van der Waals surface area contributed by atoms with E-state index in [1.807, 2.05) is 0 Å². The Morgan fingerprint density at radius 2 is 2.50 bits per heavy atom. The molecule has 0 bridgehead atoms. The Morgan fingerprint density at radius 1 is 1.62 bits per heavy atom. The minimum Gasteiger partial charge on any atom is -0.379 e. The van der Waals surface area contributed by atoms with Crippen molar-refractivity contribution in [1.82, 2.24) is 4.98 Å². The van der Waals surface area contributed by atoms with Crippen molar-refractivity contribution < 1.29 is 4.74 Å². The highest BCUT2D eigenvalue weighted by Crippen LogP contribution is 2.25. The van der Waals surface area contributed by atoms with Crippen LogP contribution in [-0.4, -0.2) is 23.7 Å². The van der Waals surface area contributed by atoms with Crippen molar-refractivity contribution in [3.05, 3.63) is 24.0 Å². The third-order valence-electron chi connectivity index (χ3n) is 2.82. The summed E-state index contributed by atoms with van der Waals surface area (Å²) in [6, 6.07) is 3.88. The fourth-order valence-corrected chi connectivity index (χ4v) is 1.95. The van der Waals surface area contributed by atoms with Crippen molar-refractivity contribution in [2.45, 2.75) is 25.3 Å². The minimum atomic E-state index is -0.0904. The van der Waals surface area contributed by atoms with Gasteiger partial charge in [-0.2, -0.15) is 5.26 Å². The fraction of sp³-hybridized carbons (Fsp3) is 0.500. The van der Waals surface area contributed by atoms with Crippen molar-refractivity contribution in [2.75, 3.05) is 18.5 Å². The van der Waals surface area contributed by atoms with Crippen LogP contribution in [0.5, 0.6) is 0 Å². The third-order valence-corrected chi connectivity index (χ3v) is 2.82. The number of hydrogen-bond donors (Lipinski definition) is 1. The van der Waals surface area contributed by atoms with Gasteiger partial charge in [-0.15, -0.1) is 0 Å². The summed E-state index contributed by atoms with van der Waals surface area (Å²) in [6.45, 7) is 3.61. The largest absolute Gasteiger partial charge is 0.379 e. The Balaban J connectivity index is 2.16. The lowest BCUT2D eigenvalue weighted by Crippen LogP contribution is -2.43. The zero-order valence-electron chi connectivity index (χ0n) is 9.36. The zero-order valence-corrected chi connectivity index (χ0v) is 9.36. The SMILES string of the molecule is CC1(Nc2cnccc2C#N)CCCOC1. The van der Waals surface area contributed by atoms with E-state index in [1.54, 1.807) is 18.5 Å². The van der Waals surface area contributed by atoms with E-state index in [0.29, 0.717) is 12.2 Å². The first-order chi connectivity index (χ1) is 7.73. The summed E-state index contributed by atoms with van der Waals surface area (Å²) in [5, 5.41) is 12.3. The van der Waals surface area contributed by atoms with Gasteiger partial charge >= 0.3 is 0 Å². The molecule has 0 amide bonds. The molecule has 1 aromatic heterocycles. The lowest BCUT2D eigenvalue weighted by Gasteiger charge is -2.35. The molecular formula is C12H15N3O. The molecule has 16 heavy (non-hydrogen) atoms. The van der Waals surface area contributed by atoms with Gasteiger partial charge in [0.2, 0.25) is 0 Å². The van der Waals surface area contributed by atoms with Crippen molar-refractivity contribution >= 4 is 5.69 Å². The van der Waals surface area contributed by atoms with Crippen LogP contribution < -0.4 is 5.32 Å². The van der Waals surface area contributed by atoms with Crippen molar-refractivity contribution in [3.8, 4) is 6.07 Å². The first kappa shape index (κ1) is 10.9. The molecule has 1 aliphatic rings. The number of pyridine rings is 1. The lowest BCUT2D eigenvalue weighted by atomic mass is 9.94. The normalized spacial score (nSPS) is 24.8. The third kappa shape index (κ3) is 2.31. The molecule has 1 aromatic rings. The van der Waals surface area contributed by atoms with Gasteiger partial charge in [-0.05, 0) is 25.8 Å². The number of nitriles is 1. The van der Waals surface area contributed by atoms with Gasteiger partial charge in [-0.25, -0.2) is 0 Å². The van der Waals surface area contributed by atoms with E-state index in [-0.39, 0.29) is 5.54 Å². The second kappa shape index (κ2) is 4.50. The van der Waals surface area contributed by atoms with Crippen LogP contribution in [0.4, 0.5) is 5.69 Å². The maximum atomic E-state index is 8.98. The molecule has 84 valence electrons. The average molecular weight is 217 g/mol. The molecule has 0 spiro atoms. The van der Waals surface area contributed by atoms with Crippen LogP contribution >= 0.6 is 0 Å². The Hall–Kier alpha value is -1.60. The van der Waals surface area contributed by atoms with Crippen LogP contribution in [0.3, 0.4) is 0 Å². The molecule has 1 saturated heterocycles. The van der Waals surface area contributed by atoms with E-state index in [2.05, 4.69) is 23.3 Å². The molecule has 4 nitrogen and oxygen atoms in total. The maximum absolute atomic E-state index is 8.98. The Bertz CT molecular complexity index is 405. The number of rotatable bonds is 2. The van der Waals surface area contributed by atoms with Gasteiger partial charge < -0.3 is 10.1 Å². The summed E-state index contributed by atoms with van der Waals surface area (Å²) in [5.74, 6) is 0. The second-order valence-corrected chi connectivity index (χ2v) is 4.37. The number of ether oxygens (including phenoxy) is 1. The molecule has 0 aromatic carbocycles. The monoisotopic (exact) mass is 217 g/mol. The van der Waals surface area contributed by atoms with Crippen LogP contribution in [0.25, 0.3) is 0 Å². The van der Waals surface area contributed by atoms with Crippen LogP contribution in [-0.2, 0) is 4.74 Å². The van der Waals surface area contributed by atoms with Crippen LogP contribution in [0, 0.1) is 11.3 Å². The Labute approximate surface area is 95.3 Å². The van der Waals surface area contributed by atoms with E-state index < -0.39 is 0 Å². The fourth-order valence-electron chi connectivity index (χ4n) is 1.95. The molecule has 1 unspecified atom stereocenters. The van der Waals surface area contributed by atoms with E-state index in [1.165, 1.54) is 0 Å². The summed E-state index contributed by atoms with van der Waals surface area (Å²) in [4.78, 5) is 4.04. The van der Waals surface area contributed by atoms with Crippen molar-refractivity contribution in [3.63, 3.8) is 0 Å². The van der Waals surface area contributed by atoms with Gasteiger partial charge in [-0.1, -0.05) is 0 Å². The molecule has 1 fully saturated rings. The van der Waals surface area contributed by atoms with Crippen molar-refractivity contribution in [1.29, 1.82) is 5.26 Å². The van der Waals surface area contributed by atoms with Crippen LogP contribution in [0.15, 0.2) is 18.5 Å². The molecule has 2 rings (SSSR count). The molecule has 1 N–H and O–H groups in total. The lowest BCUT2D eigenvalue weighted by molar-refractivity contribution is 0.0540. The van der Waals surface area contributed by atoms with Gasteiger partial charge in [0.1, 0.15) is 6.07 Å². The molecule has 0 aliphatic carbocycles.